The van der Waals surface area contributed by atoms with E-state index in [0.717, 1.165) is 0 Å². The summed E-state index contributed by atoms with van der Waals surface area (Å²) >= 11 is 3.20. The minimum Gasteiger partial charge on any atom is -0.496 e. The number of halogens is 2. The Morgan fingerprint density at radius 3 is 2.80 bits per heavy atom. The van der Waals surface area contributed by atoms with Crippen LogP contribution in [0.5, 0.6) is 5.75 Å². The van der Waals surface area contributed by atoms with Crippen molar-refractivity contribution in [2.75, 3.05) is 13.7 Å². The van der Waals surface area contributed by atoms with Gasteiger partial charge in [0, 0.05) is 5.56 Å². The van der Waals surface area contributed by atoms with E-state index in [9.17, 15) is 9.50 Å². The van der Waals surface area contributed by atoms with Crippen LogP contribution in [0, 0.1) is 5.82 Å². The lowest BCUT2D eigenvalue weighted by Crippen LogP contribution is -2.09. The van der Waals surface area contributed by atoms with Crippen LogP contribution in [0.25, 0.3) is 0 Å². The summed E-state index contributed by atoms with van der Waals surface area (Å²) in [6.07, 6.45) is -0.609. The molecule has 0 aromatic heterocycles. The fraction of sp³-hybridized carbons (Fsp3) is 0.400. The Balaban J connectivity index is 3.14. The maximum Gasteiger partial charge on any atom is 0.133 e. The Labute approximate surface area is 96.2 Å². The quantitative estimate of drug-likeness (QED) is 0.885. The number of hydrogen-bond acceptors (Lipinski definition) is 3. The molecule has 1 atom stereocenters. The molecular formula is C10H13BrFNO2. The van der Waals surface area contributed by atoms with E-state index in [-0.39, 0.29) is 5.56 Å². The van der Waals surface area contributed by atoms with Crippen LogP contribution in [0.15, 0.2) is 16.6 Å². The van der Waals surface area contributed by atoms with Gasteiger partial charge >= 0.3 is 0 Å². The minimum absolute atomic E-state index is 0.194. The predicted molar refractivity (Wildman–Crippen MR) is 59.3 cm³/mol. The SMILES string of the molecule is COc1ccc(F)c(C(O)CCN)c1Br. The van der Waals surface area contributed by atoms with Gasteiger partial charge in [-0.3, -0.25) is 0 Å². The van der Waals surface area contributed by atoms with Crippen LogP contribution in [0.2, 0.25) is 0 Å². The standard InChI is InChI=1S/C10H13BrFNO2/c1-15-8-3-2-6(12)9(10(8)11)7(14)4-5-13/h2-3,7,14H,4-5,13H2,1H3. The van der Waals surface area contributed by atoms with E-state index in [0.29, 0.717) is 23.2 Å². The number of rotatable bonds is 4. The Kier molecular flexibility index (Phi) is 4.50. The van der Waals surface area contributed by atoms with Crippen molar-refractivity contribution in [3.05, 3.63) is 28.0 Å². The molecule has 0 fully saturated rings. The molecular weight excluding hydrogens is 265 g/mol. The van der Waals surface area contributed by atoms with Crippen molar-refractivity contribution < 1.29 is 14.2 Å². The molecule has 84 valence electrons. The summed E-state index contributed by atoms with van der Waals surface area (Å²) < 4.78 is 18.9. The van der Waals surface area contributed by atoms with Gasteiger partial charge in [0.1, 0.15) is 11.6 Å². The Bertz CT molecular complexity index is 346. The van der Waals surface area contributed by atoms with Gasteiger partial charge in [-0.1, -0.05) is 0 Å². The second-order valence-corrected chi connectivity index (χ2v) is 3.86. The first kappa shape index (κ1) is 12.4. The third kappa shape index (κ3) is 2.68. The van der Waals surface area contributed by atoms with Crippen molar-refractivity contribution in [2.45, 2.75) is 12.5 Å². The van der Waals surface area contributed by atoms with Gasteiger partial charge in [0.05, 0.1) is 17.7 Å². The Hall–Kier alpha value is -0.650. The number of hydrogen-bond donors (Lipinski definition) is 2. The molecule has 0 saturated carbocycles. The molecule has 3 N–H and O–H groups in total. The molecule has 3 nitrogen and oxygen atoms in total. The van der Waals surface area contributed by atoms with Gasteiger partial charge in [0.15, 0.2) is 0 Å². The first-order valence-corrected chi connectivity index (χ1v) is 5.31. The first-order chi connectivity index (χ1) is 7.11. The van der Waals surface area contributed by atoms with Crippen LogP contribution >= 0.6 is 15.9 Å². The minimum atomic E-state index is -0.917. The number of methoxy groups -OCH3 is 1. The molecule has 1 aromatic carbocycles. The van der Waals surface area contributed by atoms with Crippen molar-refractivity contribution in [1.29, 1.82) is 0 Å². The zero-order valence-electron chi connectivity index (χ0n) is 8.34. The highest BCUT2D eigenvalue weighted by Gasteiger charge is 2.18. The first-order valence-electron chi connectivity index (χ1n) is 4.51. The van der Waals surface area contributed by atoms with Crippen molar-refractivity contribution in [1.82, 2.24) is 0 Å². The van der Waals surface area contributed by atoms with Gasteiger partial charge in [0.25, 0.3) is 0 Å². The fourth-order valence-electron chi connectivity index (χ4n) is 1.31. The van der Waals surface area contributed by atoms with Gasteiger partial charge in [-0.05, 0) is 41.0 Å². The fourth-order valence-corrected chi connectivity index (χ4v) is 2.06. The summed E-state index contributed by atoms with van der Waals surface area (Å²) in [4.78, 5) is 0. The van der Waals surface area contributed by atoms with Crippen LogP contribution in [-0.4, -0.2) is 18.8 Å². The summed E-state index contributed by atoms with van der Waals surface area (Å²) in [7, 11) is 1.48. The number of aliphatic hydroxyl groups excluding tert-OH is 1. The highest BCUT2D eigenvalue weighted by Crippen LogP contribution is 2.35. The molecule has 0 bridgehead atoms. The molecule has 0 aliphatic rings. The van der Waals surface area contributed by atoms with Crippen LogP contribution in [0.4, 0.5) is 4.39 Å². The lowest BCUT2D eigenvalue weighted by Gasteiger charge is -2.15. The maximum absolute atomic E-state index is 13.5. The van der Waals surface area contributed by atoms with E-state index in [2.05, 4.69) is 15.9 Å². The summed E-state index contributed by atoms with van der Waals surface area (Å²) in [5, 5.41) is 9.70. The van der Waals surface area contributed by atoms with E-state index in [1.807, 2.05) is 0 Å². The average molecular weight is 278 g/mol. The van der Waals surface area contributed by atoms with Gasteiger partial charge in [-0.15, -0.1) is 0 Å². The molecule has 5 heteroatoms. The molecule has 0 spiro atoms. The molecule has 0 aliphatic heterocycles. The van der Waals surface area contributed by atoms with E-state index in [1.54, 1.807) is 0 Å². The smallest absolute Gasteiger partial charge is 0.133 e. The van der Waals surface area contributed by atoms with Crippen molar-refractivity contribution in [2.24, 2.45) is 5.73 Å². The van der Waals surface area contributed by atoms with Crippen LogP contribution < -0.4 is 10.5 Å². The molecule has 0 saturated heterocycles. The zero-order valence-corrected chi connectivity index (χ0v) is 9.92. The number of aliphatic hydroxyl groups is 1. The molecule has 1 unspecified atom stereocenters. The summed E-state index contributed by atoms with van der Waals surface area (Å²) in [5.41, 5.74) is 5.50. The van der Waals surface area contributed by atoms with Crippen LogP contribution in [0.3, 0.4) is 0 Å². The largest absolute Gasteiger partial charge is 0.496 e. The van der Waals surface area contributed by atoms with Crippen molar-refractivity contribution in [3.63, 3.8) is 0 Å². The second kappa shape index (κ2) is 5.44. The van der Waals surface area contributed by atoms with Gasteiger partial charge in [0.2, 0.25) is 0 Å². The van der Waals surface area contributed by atoms with Crippen LogP contribution in [0.1, 0.15) is 18.1 Å². The highest BCUT2D eigenvalue weighted by atomic mass is 79.9. The van der Waals surface area contributed by atoms with E-state index in [4.69, 9.17) is 10.5 Å². The highest BCUT2D eigenvalue weighted by molar-refractivity contribution is 9.10. The third-order valence-corrected chi connectivity index (χ3v) is 2.90. The Morgan fingerprint density at radius 2 is 2.27 bits per heavy atom. The number of ether oxygens (including phenoxy) is 1. The summed E-state index contributed by atoms with van der Waals surface area (Å²) in [5.74, 6) is 0.0195. The van der Waals surface area contributed by atoms with Crippen LogP contribution in [-0.2, 0) is 0 Å². The second-order valence-electron chi connectivity index (χ2n) is 3.07. The third-order valence-electron chi connectivity index (χ3n) is 2.08. The van der Waals surface area contributed by atoms with E-state index in [1.165, 1.54) is 19.2 Å². The number of benzene rings is 1. The van der Waals surface area contributed by atoms with E-state index >= 15 is 0 Å². The van der Waals surface area contributed by atoms with Gasteiger partial charge in [-0.25, -0.2) is 4.39 Å². The van der Waals surface area contributed by atoms with Gasteiger partial charge < -0.3 is 15.6 Å². The van der Waals surface area contributed by atoms with Gasteiger partial charge in [-0.2, -0.15) is 0 Å². The summed E-state index contributed by atoms with van der Waals surface area (Å²) in [6, 6.07) is 2.76. The molecule has 1 aromatic rings. The number of nitrogens with two attached hydrogens (primary N) is 1. The lowest BCUT2D eigenvalue weighted by molar-refractivity contribution is 0.164. The summed E-state index contributed by atoms with van der Waals surface area (Å²) in [6.45, 7) is 0.296. The van der Waals surface area contributed by atoms with Crippen molar-refractivity contribution >= 4 is 15.9 Å². The predicted octanol–water partition coefficient (Wildman–Crippen LogP) is 1.98. The lowest BCUT2D eigenvalue weighted by atomic mass is 10.1. The molecule has 1 rings (SSSR count). The average Bonchev–Trinajstić information content (AvgIpc) is 2.18. The topological polar surface area (TPSA) is 55.5 Å². The normalized spacial score (nSPS) is 12.6. The van der Waals surface area contributed by atoms with E-state index < -0.39 is 11.9 Å². The zero-order chi connectivity index (χ0) is 11.4. The monoisotopic (exact) mass is 277 g/mol. The molecule has 15 heavy (non-hydrogen) atoms. The molecule has 0 radical (unpaired) electrons. The molecule has 0 amide bonds. The molecule has 0 aliphatic carbocycles. The molecule has 0 heterocycles. The van der Waals surface area contributed by atoms with Crippen molar-refractivity contribution in [3.8, 4) is 5.75 Å². The maximum atomic E-state index is 13.5. The Morgan fingerprint density at radius 1 is 1.60 bits per heavy atom.